The normalized spacial score (nSPS) is 11.8. The van der Waals surface area contributed by atoms with Crippen molar-refractivity contribution < 1.29 is 22.7 Å². The largest absolute Gasteiger partial charge is 0.411 e. The van der Waals surface area contributed by atoms with Crippen molar-refractivity contribution >= 4 is 17.1 Å². The summed E-state index contributed by atoms with van der Waals surface area (Å²) in [5.74, 6) is -0.172. The number of carbonyl (C=O) groups is 1. The first kappa shape index (κ1) is 14.2. The molecule has 0 saturated carbocycles. The van der Waals surface area contributed by atoms with Gasteiger partial charge in [0.2, 0.25) is 0 Å². The second-order valence-electron chi connectivity index (χ2n) is 3.67. The molecule has 0 radical (unpaired) electrons. The molecule has 96 valence electrons. The Morgan fingerprint density at radius 1 is 1.41 bits per heavy atom. The Morgan fingerprint density at radius 2 is 2.06 bits per heavy atom. The monoisotopic (exact) mass is 266 g/mol. The van der Waals surface area contributed by atoms with Gasteiger partial charge < -0.3 is 4.74 Å². The highest BCUT2D eigenvalue weighted by Crippen LogP contribution is 2.22. The lowest BCUT2D eigenvalue weighted by molar-refractivity contribution is -0.173. The Labute approximate surface area is 101 Å². The highest BCUT2D eigenvalue weighted by molar-refractivity contribution is 7.12. The lowest BCUT2D eigenvalue weighted by Gasteiger charge is -2.06. The summed E-state index contributed by atoms with van der Waals surface area (Å²) < 4.78 is 39.7. The van der Waals surface area contributed by atoms with Crippen molar-refractivity contribution in [3.05, 3.63) is 21.4 Å². The summed E-state index contributed by atoms with van der Waals surface area (Å²) in [7, 11) is 0. The molecule has 0 aliphatic heterocycles. The smallest absolute Gasteiger partial charge is 0.372 e. The van der Waals surface area contributed by atoms with Crippen molar-refractivity contribution in [2.45, 2.75) is 26.4 Å². The molecule has 0 aliphatic carbocycles. The van der Waals surface area contributed by atoms with Crippen LogP contribution in [0, 0.1) is 13.8 Å². The van der Waals surface area contributed by atoms with Crippen molar-refractivity contribution in [3.8, 4) is 0 Å². The average Bonchev–Trinajstić information content (AvgIpc) is 2.51. The maximum atomic E-state index is 11.8. The number of ketones is 1. The third-order valence-corrected chi connectivity index (χ3v) is 3.05. The summed E-state index contributed by atoms with van der Waals surface area (Å²) in [5.41, 5.74) is 0.586. The van der Waals surface area contributed by atoms with Gasteiger partial charge in [0.25, 0.3) is 0 Å². The number of hydrogen-bond acceptors (Lipinski definition) is 3. The molecule has 0 aliphatic rings. The molecule has 2 nitrogen and oxygen atoms in total. The van der Waals surface area contributed by atoms with Crippen LogP contribution < -0.4 is 0 Å². The molecule has 0 amide bonds. The Hall–Kier alpha value is -0.880. The molecule has 1 aromatic heterocycles. The predicted molar refractivity (Wildman–Crippen MR) is 59.6 cm³/mol. The van der Waals surface area contributed by atoms with Gasteiger partial charge in [-0.1, -0.05) is 0 Å². The number of carbonyl (C=O) groups excluding carboxylic acids is 1. The minimum atomic E-state index is -4.34. The van der Waals surface area contributed by atoms with E-state index in [1.54, 1.807) is 6.07 Å². The number of aryl methyl sites for hydroxylation is 2. The fourth-order valence-electron chi connectivity index (χ4n) is 1.40. The first-order valence-electron chi connectivity index (χ1n) is 5.04. The molecule has 1 aromatic rings. The van der Waals surface area contributed by atoms with Crippen molar-refractivity contribution in [3.63, 3.8) is 0 Å². The minimum Gasteiger partial charge on any atom is -0.372 e. The van der Waals surface area contributed by atoms with Gasteiger partial charge in [0, 0.05) is 21.7 Å². The number of halogens is 3. The first-order valence-corrected chi connectivity index (χ1v) is 5.86. The fourth-order valence-corrected chi connectivity index (χ4v) is 2.34. The van der Waals surface area contributed by atoms with Crippen molar-refractivity contribution in [1.29, 1.82) is 0 Å². The zero-order valence-corrected chi connectivity index (χ0v) is 10.4. The molecule has 0 aromatic carbocycles. The molecule has 1 heterocycles. The maximum absolute atomic E-state index is 11.8. The first-order chi connectivity index (χ1) is 7.79. The average molecular weight is 266 g/mol. The zero-order valence-electron chi connectivity index (χ0n) is 9.56. The summed E-state index contributed by atoms with van der Waals surface area (Å²) in [4.78, 5) is 13.6. The van der Waals surface area contributed by atoms with E-state index in [1.165, 1.54) is 11.3 Å². The van der Waals surface area contributed by atoms with Gasteiger partial charge in [0.1, 0.15) is 6.61 Å². The number of thiophene rings is 1. The third kappa shape index (κ3) is 4.87. The van der Waals surface area contributed by atoms with Crippen LogP contribution in [0.15, 0.2) is 6.07 Å². The molecule has 0 atom stereocenters. The van der Waals surface area contributed by atoms with Gasteiger partial charge >= 0.3 is 6.18 Å². The molecule has 0 fully saturated rings. The van der Waals surface area contributed by atoms with Crippen LogP contribution in [-0.4, -0.2) is 25.2 Å². The number of Topliss-reactive ketones (excluding diaryl/α,β-unsaturated/α-hetero) is 1. The summed E-state index contributed by atoms with van der Waals surface area (Å²) in [5, 5.41) is 0. The Balaban J connectivity index is 2.38. The van der Waals surface area contributed by atoms with Gasteiger partial charge in [0.15, 0.2) is 5.78 Å². The molecule has 0 saturated heterocycles. The van der Waals surface area contributed by atoms with Gasteiger partial charge in [-0.05, 0) is 19.9 Å². The van der Waals surface area contributed by atoms with Crippen LogP contribution in [-0.2, 0) is 4.74 Å². The van der Waals surface area contributed by atoms with Crippen LogP contribution in [0.3, 0.4) is 0 Å². The van der Waals surface area contributed by atoms with E-state index < -0.39 is 12.8 Å². The Bertz CT molecular complexity index is 396. The van der Waals surface area contributed by atoms with Crippen molar-refractivity contribution in [1.82, 2.24) is 0 Å². The lowest BCUT2D eigenvalue weighted by atomic mass is 10.1. The van der Waals surface area contributed by atoms with Crippen LogP contribution in [0.5, 0.6) is 0 Å². The van der Waals surface area contributed by atoms with Crippen LogP contribution in [0.2, 0.25) is 0 Å². The molecular weight excluding hydrogens is 253 g/mol. The third-order valence-electron chi connectivity index (χ3n) is 2.08. The number of alkyl halides is 3. The summed E-state index contributed by atoms with van der Waals surface area (Å²) in [6, 6.07) is 1.76. The van der Waals surface area contributed by atoms with Crippen molar-refractivity contribution in [2.75, 3.05) is 13.2 Å². The molecule has 6 heteroatoms. The number of ether oxygens (including phenoxy) is 1. The van der Waals surface area contributed by atoms with E-state index in [0.717, 1.165) is 9.75 Å². The van der Waals surface area contributed by atoms with E-state index in [-0.39, 0.29) is 18.8 Å². The molecule has 17 heavy (non-hydrogen) atoms. The molecule has 0 bridgehead atoms. The number of rotatable bonds is 5. The Kier molecular flexibility index (Phi) is 4.70. The Morgan fingerprint density at radius 3 is 2.53 bits per heavy atom. The predicted octanol–water partition coefficient (Wildman–Crippen LogP) is 3.52. The van der Waals surface area contributed by atoms with E-state index in [9.17, 15) is 18.0 Å². The van der Waals surface area contributed by atoms with Gasteiger partial charge in [-0.15, -0.1) is 11.3 Å². The molecular formula is C11H13F3O2S. The van der Waals surface area contributed by atoms with Crippen LogP contribution >= 0.6 is 11.3 Å². The minimum absolute atomic E-state index is 0.0207. The fraction of sp³-hybridized carbons (Fsp3) is 0.545. The SMILES string of the molecule is Cc1cc(C(=O)CCOCC(F)(F)F)c(C)s1. The highest BCUT2D eigenvalue weighted by Gasteiger charge is 2.27. The van der Waals surface area contributed by atoms with E-state index in [0.29, 0.717) is 5.56 Å². The standard InChI is InChI=1S/C11H13F3O2S/c1-7-5-9(8(2)17-7)10(15)3-4-16-6-11(12,13)14/h5H,3-4,6H2,1-2H3. The second kappa shape index (κ2) is 5.64. The van der Waals surface area contributed by atoms with Crippen LogP contribution in [0.25, 0.3) is 0 Å². The lowest BCUT2D eigenvalue weighted by Crippen LogP contribution is -2.18. The van der Waals surface area contributed by atoms with Gasteiger partial charge in [-0.2, -0.15) is 13.2 Å². The van der Waals surface area contributed by atoms with E-state index in [4.69, 9.17) is 0 Å². The number of hydrogen-bond donors (Lipinski definition) is 0. The summed E-state index contributed by atoms with van der Waals surface area (Å²) in [6.07, 6.45) is -4.36. The quantitative estimate of drug-likeness (QED) is 0.602. The summed E-state index contributed by atoms with van der Waals surface area (Å²) >= 11 is 1.50. The van der Waals surface area contributed by atoms with Crippen molar-refractivity contribution in [2.24, 2.45) is 0 Å². The summed E-state index contributed by atoms with van der Waals surface area (Å²) in [6.45, 7) is 2.20. The topological polar surface area (TPSA) is 26.3 Å². The molecule has 1 rings (SSSR count). The zero-order chi connectivity index (χ0) is 13.1. The van der Waals surface area contributed by atoms with Gasteiger partial charge in [-0.25, -0.2) is 0 Å². The van der Waals surface area contributed by atoms with E-state index in [2.05, 4.69) is 4.74 Å². The van der Waals surface area contributed by atoms with E-state index in [1.807, 2.05) is 13.8 Å². The second-order valence-corrected chi connectivity index (χ2v) is 5.13. The van der Waals surface area contributed by atoms with Crippen LogP contribution in [0.4, 0.5) is 13.2 Å². The van der Waals surface area contributed by atoms with Crippen LogP contribution in [0.1, 0.15) is 26.5 Å². The molecule has 0 spiro atoms. The molecule has 0 unspecified atom stereocenters. The van der Waals surface area contributed by atoms with Gasteiger partial charge in [-0.3, -0.25) is 4.79 Å². The van der Waals surface area contributed by atoms with E-state index >= 15 is 0 Å². The maximum Gasteiger partial charge on any atom is 0.411 e. The molecule has 0 N–H and O–H groups in total. The van der Waals surface area contributed by atoms with Gasteiger partial charge in [0.05, 0.1) is 6.61 Å². The highest BCUT2D eigenvalue weighted by atomic mass is 32.1.